The van der Waals surface area contributed by atoms with Crippen LogP contribution in [0.5, 0.6) is 0 Å². The van der Waals surface area contributed by atoms with E-state index in [-0.39, 0.29) is 17.6 Å². The quantitative estimate of drug-likeness (QED) is 0.464. The van der Waals surface area contributed by atoms with Gasteiger partial charge in [0.25, 0.3) is 0 Å². The molecule has 1 amide bonds. The van der Waals surface area contributed by atoms with Crippen molar-refractivity contribution in [3.05, 3.63) is 6.20 Å². The van der Waals surface area contributed by atoms with E-state index in [4.69, 9.17) is 14.2 Å². The van der Waals surface area contributed by atoms with Gasteiger partial charge in [-0.15, -0.1) is 5.10 Å². The van der Waals surface area contributed by atoms with Crippen LogP contribution in [0.3, 0.4) is 0 Å². The lowest BCUT2D eigenvalue weighted by molar-refractivity contribution is -0.165. The Bertz CT molecular complexity index is 931. The van der Waals surface area contributed by atoms with Crippen molar-refractivity contribution in [3.8, 4) is 0 Å². The molecule has 1 aromatic heterocycles. The van der Waals surface area contributed by atoms with Crippen molar-refractivity contribution >= 4 is 29.8 Å². The lowest BCUT2D eigenvalue weighted by atomic mass is 9.89. The van der Waals surface area contributed by atoms with E-state index in [1.54, 1.807) is 68.5 Å². The molecule has 0 aliphatic heterocycles. The van der Waals surface area contributed by atoms with Gasteiger partial charge in [0.1, 0.15) is 27.4 Å². The molecule has 190 valence electrons. The van der Waals surface area contributed by atoms with E-state index in [9.17, 15) is 14.4 Å². The molecule has 3 rings (SSSR count). The molecule has 2 saturated carbocycles. The third-order valence-electron chi connectivity index (χ3n) is 5.43. The highest BCUT2D eigenvalue weighted by Gasteiger charge is 2.76. The van der Waals surface area contributed by atoms with Crippen LogP contribution >= 0.6 is 11.8 Å². The second-order valence-electron chi connectivity index (χ2n) is 11.9. The molecular formula is C23H36N4O6S. The number of hydrogen-bond donors (Lipinski definition) is 2. The van der Waals surface area contributed by atoms with E-state index in [0.717, 1.165) is 0 Å². The first-order valence-electron chi connectivity index (χ1n) is 11.4. The number of esters is 2. The summed E-state index contributed by atoms with van der Waals surface area (Å²) in [6, 6.07) is 0. The fourth-order valence-electron chi connectivity index (χ4n) is 4.48. The number of aromatic amines is 1. The number of amides is 1. The highest BCUT2D eigenvalue weighted by molar-refractivity contribution is 7.99. The molecule has 2 N–H and O–H groups in total. The Morgan fingerprint density at radius 3 is 2.09 bits per heavy atom. The van der Waals surface area contributed by atoms with Crippen LogP contribution in [0.25, 0.3) is 0 Å². The number of nitrogens with zero attached hydrogens (tertiary/aromatic N) is 2. The molecule has 0 aromatic carbocycles. The molecule has 5 atom stereocenters. The van der Waals surface area contributed by atoms with Crippen molar-refractivity contribution in [2.45, 2.75) is 101 Å². The van der Waals surface area contributed by atoms with Crippen LogP contribution in [0.4, 0.5) is 4.79 Å². The zero-order valence-electron chi connectivity index (χ0n) is 21.3. The van der Waals surface area contributed by atoms with Crippen LogP contribution in [-0.2, 0) is 23.8 Å². The predicted molar refractivity (Wildman–Crippen MR) is 125 cm³/mol. The normalized spacial score (nSPS) is 28.6. The van der Waals surface area contributed by atoms with Gasteiger partial charge < -0.3 is 19.5 Å². The van der Waals surface area contributed by atoms with Crippen molar-refractivity contribution in [2.24, 2.45) is 17.8 Å². The number of alkyl carbamates (subject to hydrolysis) is 1. The fraction of sp³-hybridized carbons (Fsp3) is 0.783. The summed E-state index contributed by atoms with van der Waals surface area (Å²) in [6.07, 6.45) is 1.10. The molecule has 5 unspecified atom stereocenters. The van der Waals surface area contributed by atoms with Crippen LogP contribution in [0.15, 0.2) is 11.2 Å². The van der Waals surface area contributed by atoms with E-state index in [1.807, 2.05) is 0 Å². The number of ether oxygens (including phenoxy) is 3. The van der Waals surface area contributed by atoms with Gasteiger partial charge in [-0.05, 0) is 74.7 Å². The Kier molecular flexibility index (Phi) is 6.75. The number of carbonyl (C=O) groups is 3. The molecule has 0 spiro atoms. The topological polar surface area (TPSA) is 132 Å². The lowest BCUT2D eigenvalue weighted by Crippen LogP contribution is -2.59. The number of H-pyrrole nitrogens is 1. The molecule has 10 nitrogen and oxygen atoms in total. The minimum atomic E-state index is -1.44. The molecule has 2 fully saturated rings. The van der Waals surface area contributed by atoms with Crippen LogP contribution in [0.2, 0.25) is 0 Å². The van der Waals surface area contributed by atoms with Gasteiger partial charge in [-0.2, -0.15) is 10.3 Å². The van der Waals surface area contributed by atoms with Gasteiger partial charge in [0.15, 0.2) is 0 Å². The van der Waals surface area contributed by atoms with E-state index in [2.05, 4.69) is 20.7 Å². The predicted octanol–water partition coefficient (Wildman–Crippen LogP) is 3.48. The molecule has 0 saturated heterocycles. The minimum absolute atomic E-state index is 0.199. The van der Waals surface area contributed by atoms with E-state index in [0.29, 0.717) is 5.03 Å². The molecule has 1 aromatic rings. The van der Waals surface area contributed by atoms with Gasteiger partial charge in [-0.3, -0.25) is 4.79 Å². The summed E-state index contributed by atoms with van der Waals surface area (Å²) in [4.78, 5) is 39.7. The standard InChI is InChI=1S/C23H36N4O6S/c1-20(2,3)31-17(28)15-14-12(34-13-11-24-27-26-13)10-23(16(14)15,18(29)32-21(4,5)6)25-19(30)33-22(7,8)9/h11-12,14-16H,10H2,1-9H3,(H,25,30)(H,24,26,27). The van der Waals surface area contributed by atoms with Gasteiger partial charge in [0.2, 0.25) is 0 Å². The van der Waals surface area contributed by atoms with Crippen LogP contribution < -0.4 is 5.32 Å². The third-order valence-corrected chi connectivity index (χ3v) is 6.65. The number of rotatable bonds is 5. The zero-order chi connectivity index (χ0) is 25.7. The monoisotopic (exact) mass is 496 g/mol. The second-order valence-corrected chi connectivity index (χ2v) is 13.2. The minimum Gasteiger partial charge on any atom is -0.460 e. The Hall–Kier alpha value is -2.30. The Labute approximate surface area is 204 Å². The van der Waals surface area contributed by atoms with E-state index in [1.165, 1.54) is 11.8 Å². The van der Waals surface area contributed by atoms with Crippen LogP contribution in [0.1, 0.15) is 68.7 Å². The Morgan fingerprint density at radius 1 is 1.00 bits per heavy atom. The maximum atomic E-state index is 13.6. The summed E-state index contributed by atoms with van der Waals surface area (Å²) in [5.41, 5.74) is -3.68. The van der Waals surface area contributed by atoms with Crippen LogP contribution in [0, 0.1) is 17.8 Å². The summed E-state index contributed by atoms with van der Waals surface area (Å²) >= 11 is 1.41. The maximum absolute atomic E-state index is 13.6. The number of carbonyl (C=O) groups excluding carboxylic acids is 3. The highest BCUT2D eigenvalue weighted by atomic mass is 32.2. The highest BCUT2D eigenvalue weighted by Crippen LogP contribution is 2.66. The molecule has 2 aliphatic carbocycles. The fourth-order valence-corrected chi connectivity index (χ4v) is 5.84. The Balaban J connectivity index is 1.98. The average Bonchev–Trinajstić information content (AvgIpc) is 3.00. The number of fused-ring (bicyclic) bond motifs is 1. The molecule has 1 heterocycles. The smallest absolute Gasteiger partial charge is 0.408 e. The maximum Gasteiger partial charge on any atom is 0.408 e. The van der Waals surface area contributed by atoms with Gasteiger partial charge in [-0.1, -0.05) is 11.8 Å². The lowest BCUT2D eigenvalue weighted by Gasteiger charge is -2.35. The van der Waals surface area contributed by atoms with Gasteiger partial charge in [0, 0.05) is 11.2 Å². The first-order valence-corrected chi connectivity index (χ1v) is 12.3. The van der Waals surface area contributed by atoms with Gasteiger partial charge >= 0.3 is 18.0 Å². The van der Waals surface area contributed by atoms with E-state index < -0.39 is 52.2 Å². The SMILES string of the molecule is CC(C)(C)OC(=O)NC1(C(=O)OC(C)(C)C)CC(Sc2cn[nH]n2)C2C(C(=O)OC(C)(C)C)C21. The molecule has 34 heavy (non-hydrogen) atoms. The number of hydrogen-bond acceptors (Lipinski definition) is 9. The molecule has 11 heteroatoms. The average molecular weight is 497 g/mol. The summed E-state index contributed by atoms with van der Waals surface area (Å²) < 4.78 is 16.9. The van der Waals surface area contributed by atoms with Crippen molar-refractivity contribution < 1.29 is 28.6 Å². The summed E-state index contributed by atoms with van der Waals surface area (Å²) in [5, 5.41) is 13.8. The van der Waals surface area contributed by atoms with Crippen molar-refractivity contribution in [3.63, 3.8) is 0 Å². The summed E-state index contributed by atoms with van der Waals surface area (Å²) in [5.74, 6) is -2.25. The first-order chi connectivity index (χ1) is 15.4. The first kappa shape index (κ1) is 26.3. The molecule has 0 bridgehead atoms. The summed E-state index contributed by atoms with van der Waals surface area (Å²) in [6.45, 7) is 15.9. The number of nitrogens with one attached hydrogen (secondary N) is 2. The number of aromatic nitrogens is 3. The largest absolute Gasteiger partial charge is 0.460 e. The van der Waals surface area contributed by atoms with Crippen molar-refractivity contribution in [1.82, 2.24) is 20.7 Å². The Morgan fingerprint density at radius 2 is 1.59 bits per heavy atom. The molecule has 0 radical (unpaired) electrons. The third kappa shape index (κ3) is 6.03. The number of thioether (sulfide) groups is 1. The summed E-state index contributed by atoms with van der Waals surface area (Å²) in [7, 11) is 0. The van der Waals surface area contributed by atoms with Crippen molar-refractivity contribution in [1.29, 1.82) is 0 Å². The van der Waals surface area contributed by atoms with Crippen LogP contribution in [-0.4, -0.2) is 61.0 Å². The van der Waals surface area contributed by atoms with E-state index >= 15 is 0 Å². The van der Waals surface area contributed by atoms with Gasteiger partial charge in [0.05, 0.1) is 12.1 Å². The van der Waals surface area contributed by atoms with Crippen molar-refractivity contribution in [2.75, 3.05) is 0 Å². The zero-order valence-corrected chi connectivity index (χ0v) is 22.2. The second kappa shape index (κ2) is 8.73. The molecular weight excluding hydrogens is 460 g/mol. The molecule has 2 aliphatic rings. The van der Waals surface area contributed by atoms with Gasteiger partial charge in [-0.25, -0.2) is 9.59 Å².